The van der Waals surface area contributed by atoms with E-state index in [9.17, 15) is 9.59 Å². The van der Waals surface area contributed by atoms with Gasteiger partial charge in [0.1, 0.15) is 0 Å². The summed E-state index contributed by atoms with van der Waals surface area (Å²) in [5.41, 5.74) is 0.786. The van der Waals surface area contributed by atoms with Crippen LogP contribution in [-0.4, -0.2) is 66.1 Å². The highest BCUT2D eigenvalue weighted by Crippen LogP contribution is 2.16. The molecule has 1 fully saturated rings. The minimum atomic E-state index is -0.802. The molecule has 0 aliphatic carbocycles. The second-order valence-electron chi connectivity index (χ2n) is 5.87. The van der Waals surface area contributed by atoms with Gasteiger partial charge in [-0.3, -0.25) is 19.4 Å². The number of likely N-dealkylation sites (tertiary alicyclic amines) is 1. The van der Waals surface area contributed by atoms with Crippen LogP contribution in [0.2, 0.25) is 0 Å². The van der Waals surface area contributed by atoms with E-state index in [1.54, 1.807) is 0 Å². The Morgan fingerprint density at radius 2 is 1.91 bits per heavy atom. The third-order valence-corrected chi connectivity index (χ3v) is 4.59. The van der Waals surface area contributed by atoms with Gasteiger partial charge in [-0.25, -0.2) is 0 Å². The van der Waals surface area contributed by atoms with Crippen LogP contribution in [0.4, 0.5) is 5.69 Å². The first-order chi connectivity index (χ1) is 10.9. The number of nitrogens with one attached hydrogen (secondary N) is 1. The maximum Gasteiger partial charge on any atom is 0.317 e. The molecule has 2 rings (SSSR count). The molecule has 6 nitrogen and oxygen atoms in total. The number of piperidine rings is 1. The number of halogens is 1. The van der Waals surface area contributed by atoms with Crippen molar-refractivity contribution in [1.29, 1.82) is 0 Å². The van der Waals surface area contributed by atoms with E-state index in [0.29, 0.717) is 6.54 Å². The van der Waals surface area contributed by atoms with E-state index in [1.165, 1.54) is 0 Å². The fourth-order valence-corrected chi connectivity index (χ4v) is 3.06. The van der Waals surface area contributed by atoms with E-state index in [2.05, 4.69) is 26.1 Å². The summed E-state index contributed by atoms with van der Waals surface area (Å²) in [6.45, 7) is 2.05. The average Bonchev–Trinajstić information content (AvgIpc) is 2.49. The van der Waals surface area contributed by atoms with Gasteiger partial charge in [0.2, 0.25) is 5.91 Å². The number of nitrogens with zero attached hydrogens (tertiary/aromatic N) is 2. The summed E-state index contributed by atoms with van der Waals surface area (Å²) in [5.74, 6) is -0.825. The Bertz CT molecular complexity index is 542. The largest absolute Gasteiger partial charge is 0.480 e. The summed E-state index contributed by atoms with van der Waals surface area (Å²) >= 11 is 3.36. The molecule has 0 atom stereocenters. The Balaban J connectivity index is 1.74. The molecule has 2 N–H and O–H groups in total. The molecule has 1 aliphatic heterocycles. The summed E-state index contributed by atoms with van der Waals surface area (Å²) < 4.78 is 0.975. The van der Waals surface area contributed by atoms with Crippen molar-refractivity contribution in [2.24, 2.45) is 0 Å². The molecule has 0 saturated carbocycles. The van der Waals surface area contributed by atoms with Gasteiger partial charge in [0, 0.05) is 29.3 Å². The standard InChI is InChI=1S/C16H22BrN3O3/c1-19(11-16(22)23)14-6-8-20(9-7-14)10-15(21)18-13-4-2-12(17)3-5-13/h2-5,14H,6-11H2,1H3,(H,18,21)(H,22,23). The zero-order valence-corrected chi connectivity index (χ0v) is 14.8. The van der Waals surface area contributed by atoms with Crippen LogP contribution in [0.15, 0.2) is 28.7 Å². The van der Waals surface area contributed by atoms with Crippen molar-refractivity contribution >= 4 is 33.5 Å². The molecule has 1 saturated heterocycles. The van der Waals surface area contributed by atoms with E-state index in [-0.39, 0.29) is 18.5 Å². The van der Waals surface area contributed by atoms with Gasteiger partial charge in [-0.15, -0.1) is 0 Å². The fraction of sp³-hybridized carbons (Fsp3) is 0.500. The predicted molar refractivity (Wildman–Crippen MR) is 92.5 cm³/mol. The monoisotopic (exact) mass is 383 g/mol. The quantitative estimate of drug-likeness (QED) is 0.784. The summed E-state index contributed by atoms with van der Waals surface area (Å²) in [6.07, 6.45) is 1.77. The predicted octanol–water partition coefficient (Wildman–Crippen LogP) is 1.87. The normalized spacial score (nSPS) is 16.5. The van der Waals surface area contributed by atoms with Gasteiger partial charge in [0.15, 0.2) is 0 Å². The molecule has 0 unspecified atom stereocenters. The Morgan fingerprint density at radius 3 is 2.48 bits per heavy atom. The maximum atomic E-state index is 12.1. The Hall–Kier alpha value is -1.44. The fourth-order valence-electron chi connectivity index (χ4n) is 2.80. The molecule has 1 aliphatic rings. The van der Waals surface area contributed by atoms with Crippen LogP contribution < -0.4 is 5.32 Å². The Kier molecular flexibility index (Phi) is 6.56. The summed E-state index contributed by atoms with van der Waals surface area (Å²) in [4.78, 5) is 26.8. The first-order valence-corrected chi connectivity index (χ1v) is 8.43. The zero-order chi connectivity index (χ0) is 16.8. The number of anilines is 1. The Labute approximate surface area is 144 Å². The van der Waals surface area contributed by atoms with Crippen LogP contribution >= 0.6 is 15.9 Å². The Morgan fingerprint density at radius 1 is 1.30 bits per heavy atom. The second-order valence-corrected chi connectivity index (χ2v) is 6.79. The van der Waals surface area contributed by atoms with E-state index < -0.39 is 5.97 Å². The maximum absolute atomic E-state index is 12.1. The van der Waals surface area contributed by atoms with E-state index in [0.717, 1.165) is 36.1 Å². The molecule has 0 spiro atoms. The van der Waals surface area contributed by atoms with Gasteiger partial charge < -0.3 is 10.4 Å². The van der Waals surface area contributed by atoms with Crippen molar-refractivity contribution in [2.45, 2.75) is 18.9 Å². The lowest BCUT2D eigenvalue weighted by molar-refractivity contribution is -0.138. The summed E-state index contributed by atoms with van der Waals surface area (Å²) in [5, 5.41) is 11.7. The van der Waals surface area contributed by atoms with Crippen molar-refractivity contribution in [3.8, 4) is 0 Å². The van der Waals surface area contributed by atoms with Gasteiger partial charge in [0.25, 0.3) is 0 Å². The number of likely N-dealkylation sites (N-methyl/N-ethyl adjacent to an activating group) is 1. The molecule has 1 aromatic carbocycles. The number of carboxylic acids is 1. The molecule has 126 valence electrons. The summed E-state index contributed by atoms with van der Waals surface area (Å²) in [7, 11) is 1.84. The number of hydrogen-bond donors (Lipinski definition) is 2. The molecule has 23 heavy (non-hydrogen) atoms. The topological polar surface area (TPSA) is 72.9 Å². The lowest BCUT2D eigenvalue weighted by atomic mass is 10.0. The number of amides is 1. The zero-order valence-electron chi connectivity index (χ0n) is 13.2. The number of carbonyl (C=O) groups excluding carboxylic acids is 1. The molecule has 0 aromatic heterocycles. The van der Waals surface area contributed by atoms with Crippen molar-refractivity contribution in [3.05, 3.63) is 28.7 Å². The van der Waals surface area contributed by atoms with Gasteiger partial charge in [-0.1, -0.05) is 15.9 Å². The first kappa shape index (κ1) is 17.9. The van der Waals surface area contributed by atoms with Crippen LogP contribution in [0.25, 0.3) is 0 Å². The van der Waals surface area contributed by atoms with E-state index in [4.69, 9.17) is 5.11 Å². The highest BCUT2D eigenvalue weighted by Gasteiger charge is 2.24. The SMILES string of the molecule is CN(CC(=O)O)C1CCN(CC(=O)Nc2ccc(Br)cc2)CC1. The van der Waals surface area contributed by atoms with Crippen molar-refractivity contribution < 1.29 is 14.7 Å². The molecule has 0 radical (unpaired) electrons. The number of carbonyl (C=O) groups is 2. The van der Waals surface area contributed by atoms with Crippen molar-refractivity contribution in [3.63, 3.8) is 0 Å². The average molecular weight is 384 g/mol. The third kappa shape index (κ3) is 5.93. The smallest absolute Gasteiger partial charge is 0.317 e. The molecule has 1 heterocycles. The molecular formula is C16H22BrN3O3. The highest BCUT2D eigenvalue weighted by molar-refractivity contribution is 9.10. The van der Waals surface area contributed by atoms with Crippen LogP contribution in [0.3, 0.4) is 0 Å². The van der Waals surface area contributed by atoms with Crippen LogP contribution in [-0.2, 0) is 9.59 Å². The van der Waals surface area contributed by atoms with Gasteiger partial charge in [-0.2, -0.15) is 0 Å². The molecule has 1 aromatic rings. The number of aliphatic carboxylic acids is 1. The third-order valence-electron chi connectivity index (χ3n) is 4.06. The number of rotatable bonds is 6. The lowest BCUT2D eigenvalue weighted by Gasteiger charge is -2.35. The molecule has 7 heteroatoms. The number of carboxylic acid groups (broad SMARTS) is 1. The van der Waals surface area contributed by atoms with Gasteiger partial charge in [0.05, 0.1) is 13.1 Å². The minimum Gasteiger partial charge on any atom is -0.480 e. The number of hydrogen-bond acceptors (Lipinski definition) is 4. The van der Waals surface area contributed by atoms with E-state index >= 15 is 0 Å². The minimum absolute atomic E-state index is 0.0235. The van der Waals surface area contributed by atoms with Crippen molar-refractivity contribution in [2.75, 3.05) is 38.5 Å². The van der Waals surface area contributed by atoms with Gasteiger partial charge >= 0.3 is 5.97 Å². The second kappa shape index (κ2) is 8.42. The van der Waals surface area contributed by atoms with Gasteiger partial charge in [-0.05, 0) is 44.2 Å². The highest BCUT2D eigenvalue weighted by atomic mass is 79.9. The van der Waals surface area contributed by atoms with Crippen LogP contribution in [0, 0.1) is 0 Å². The molecule has 1 amide bonds. The molecule has 0 bridgehead atoms. The van der Waals surface area contributed by atoms with Crippen LogP contribution in [0.5, 0.6) is 0 Å². The first-order valence-electron chi connectivity index (χ1n) is 7.64. The summed E-state index contributed by atoms with van der Waals surface area (Å²) in [6, 6.07) is 7.76. The van der Waals surface area contributed by atoms with Crippen molar-refractivity contribution in [1.82, 2.24) is 9.80 Å². The van der Waals surface area contributed by atoms with E-state index in [1.807, 2.05) is 36.2 Å². The van der Waals surface area contributed by atoms with Crippen LogP contribution in [0.1, 0.15) is 12.8 Å². The molecular weight excluding hydrogens is 362 g/mol. The lowest BCUT2D eigenvalue weighted by Crippen LogP contribution is -2.46. The number of benzene rings is 1.